The predicted molar refractivity (Wildman–Crippen MR) is 168 cm³/mol. The lowest BCUT2D eigenvalue weighted by atomic mass is 9.87. The molecular weight excluding hydrogens is 543 g/mol. The van der Waals surface area contributed by atoms with Crippen molar-refractivity contribution in [3.8, 4) is 22.8 Å². The molecule has 1 unspecified atom stereocenters. The molecule has 0 fully saturated rings. The number of rotatable bonds is 6. The minimum absolute atomic E-state index is 0.301. The number of alkyl halides is 3. The van der Waals surface area contributed by atoms with Gasteiger partial charge in [-0.25, -0.2) is 15.0 Å². The summed E-state index contributed by atoms with van der Waals surface area (Å²) in [6.45, 7) is 4.21. The van der Waals surface area contributed by atoms with Gasteiger partial charge in [0, 0.05) is 16.7 Å². The van der Waals surface area contributed by atoms with Crippen molar-refractivity contribution in [3.63, 3.8) is 0 Å². The lowest BCUT2D eigenvalue weighted by molar-refractivity contribution is -0.137. The van der Waals surface area contributed by atoms with Gasteiger partial charge in [0.05, 0.1) is 5.56 Å². The van der Waals surface area contributed by atoms with E-state index in [1.54, 1.807) is 0 Å². The van der Waals surface area contributed by atoms with Crippen LogP contribution in [0.3, 0.4) is 0 Å². The van der Waals surface area contributed by atoms with E-state index in [1.807, 2.05) is 61.6 Å². The third kappa shape index (κ3) is 6.05. The van der Waals surface area contributed by atoms with Crippen molar-refractivity contribution in [1.82, 2.24) is 15.0 Å². The first-order valence-corrected chi connectivity index (χ1v) is 14.3. The standard InChI is InChI=1S/C37H30F3N3/c1-3-9-26(14-8-11-25-16-17-29-23-30-15-7-10-24(2)33(30)32(29)22-25)34-41-35(27-12-5-4-6-13-27)43-36(42-34)28-18-20-31(21-19-28)37(38,39)40/h3-9,11-22,24H,10,23H2,1-2H3/b9-3-,11-8+,26-14+. The van der Waals surface area contributed by atoms with Crippen LogP contribution in [0.2, 0.25) is 0 Å². The molecule has 0 aliphatic heterocycles. The third-order valence-electron chi connectivity index (χ3n) is 7.76. The summed E-state index contributed by atoms with van der Waals surface area (Å²) in [4.78, 5) is 14.1. The monoisotopic (exact) mass is 573 g/mol. The van der Waals surface area contributed by atoms with Crippen LogP contribution in [0.5, 0.6) is 0 Å². The lowest BCUT2D eigenvalue weighted by Crippen LogP contribution is -2.05. The fourth-order valence-electron chi connectivity index (χ4n) is 5.64. The van der Waals surface area contributed by atoms with Crippen molar-refractivity contribution in [1.29, 1.82) is 0 Å². The molecule has 4 aromatic rings. The molecule has 3 aromatic carbocycles. The maximum Gasteiger partial charge on any atom is 0.416 e. The van der Waals surface area contributed by atoms with Crippen LogP contribution < -0.4 is 0 Å². The molecule has 6 heteroatoms. The Hall–Kier alpha value is -4.84. The zero-order chi connectivity index (χ0) is 30.0. The molecule has 0 saturated heterocycles. The summed E-state index contributed by atoms with van der Waals surface area (Å²) in [6, 6.07) is 21.0. The van der Waals surface area contributed by atoms with Crippen molar-refractivity contribution in [2.45, 2.75) is 32.9 Å². The van der Waals surface area contributed by atoms with Crippen LogP contribution in [0.4, 0.5) is 13.2 Å². The Morgan fingerprint density at radius 2 is 1.60 bits per heavy atom. The Labute approximate surface area is 249 Å². The molecular formula is C37H30F3N3. The van der Waals surface area contributed by atoms with Gasteiger partial charge in [-0.3, -0.25) is 0 Å². The number of fused-ring (bicyclic) bond motifs is 2. The highest BCUT2D eigenvalue weighted by molar-refractivity contribution is 5.82. The number of nitrogens with zero attached hydrogens (tertiary/aromatic N) is 3. The second kappa shape index (κ2) is 11.8. The molecule has 0 bridgehead atoms. The number of halogens is 3. The maximum atomic E-state index is 13.2. The van der Waals surface area contributed by atoms with Gasteiger partial charge in [-0.1, -0.05) is 104 Å². The van der Waals surface area contributed by atoms with Gasteiger partial charge in [0.2, 0.25) is 0 Å². The van der Waals surface area contributed by atoms with Crippen molar-refractivity contribution in [2.75, 3.05) is 0 Å². The summed E-state index contributed by atoms with van der Waals surface area (Å²) in [5.41, 5.74) is 8.02. The first-order chi connectivity index (χ1) is 20.8. The minimum Gasteiger partial charge on any atom is -0.208 e. The molecule has 0 saturated carbocycles. The molecule has 2 aliphatic carbocycles. The second-order valence-electron chi connectivity index (χ2n) is 10.8. The fraction of sp³-hybridized carbons (Fsp3) is 0.162. The van der Waals surface area contributed by atoms with Gasteiger partial charge in [0.15, 0.2) is 17.5 Å². The number of hydrogen-bond donors (Lipinski definition) is 0. The zero-order valence-electron chi connectivity index (χ0n) is 23.9. The third-order valence-corrected chi connectivity index (χ3v) is 7.76. The SMILES string of the molecule is C\C=C/C(=C\C=C\c1ccc2c(c1)C1=C(C=CCC1C)C2)c1nc(-c2ccccc2)nc(-c2ccc(C(F)(F)F)cc2)n1. The molecule has 3 nitrogen and oxygen atoms in total. The smallest absolute Gasteiger partial charge is 0.208 e. The molecule has 0 radical (unpaired) electrons. The average Bonchev–Trinajstić information content (AvgIpc) is 3.40. The highest BCUT2D eigenvalue weighted by Gasteiger charge is 2.30. The van der Waals surface area contributed by atoms with Crippen LogP contribution in [0, 0.1) is 5.92 Å². The fourth-order valence-corrected chi connectivity index (χ4v) is 5.64. The van der Waals surface area contributed by atoms with Crippen molar-refractivity contribution < 1.29 is 13.2 Å². The number of aromatic nitrogens is 3. The molecule has 0 amide bonds. The molecule has 1 atom stereocenters. The van der Waals surface area contributed by atoms with Gasteiger partial charge < -0.3 is 0 Å². The Bertz CT molecular complexity index is 1810. The molecule has 214 valence electrons. The normalized spacial score (nSPS) is 16.8. The maximum absolute atomic E-state index is 13.2. The molecule has 6 rings (SSSR count). The predicted octanol–water partition coefficient (Wildman–Crippen LogP) is 9.80. The Kier molecular flexibility index (Phi) is 7.76. The van der Waals surface area contributed by atoms with E-state index >= 15 is 0 Å². The Morgan fingerprint density at radius 3 is 2.30 bits per heavy atom. The van der Waals surface area contributed by atoms with Crippen molar-refractivity contribution >= 4 is 17.2 Å². The van der Waals surface area contributed by atoms with Crippen LogP contribution in [0.1, 0.15) is 48.3 Å². The van der Waals surface area contributed by atoms with E-state index in [9.17, 15) is 13.2 Å². The van der Waals surface area contributed by atoms with Crippen LogP contribution in [0.25, 0.3) is 40.0 Å². The van der Waals surface area contributed by atoms with Gasteiger partial charge in [-0.15, -0.1) is 0 Å². The van der Waals surface area contributed by atoms with Gasteiger partial charge in [0.25, 0.3) is 0 Å². The molecule has 0 spiro atoms. The van der Waals surface area contributed by atoms with E-state index in [0.717, 1.165) is 41.7 Å². The average molecular weight is 574 g/mol. The van der Waals surface area contributed by atoms with Crippen molar-refractivity contribution in [2.24, 2.45) is 5.92 Å². The van der Waals surface area contributed by atoms with E-state index in [0.29, 0.717) is 29.0 Å². The number of hydrogen-bond acceptors (Lipinski definition) is 3. The molecule has 1 aromatic heterocycles. The van der Waals surface area contributed by atoms with Gasteiger partial charge in [-0.05, 0) is 71.7 Å². The summed E-state index contributed by atoms with van der Waals surface area (Å²) in [5.74, 6) is 1.69. The Morgan fingerprint density at radius 1 is 0.884 bits per heavy atom. The molecule has 0 N–H and O–H groups in total. The van der Waals surface area contributed by atoms with E-state index in [-0.39, 0.29) is 0 Å². The van der Waals surface area contributed by atoms with Gasteiger partial charge in [-0.2, -0.15) is 13.2 Å². The number of allylic oxidation sites excluding steroid dienone is 9. The van der Waals surface area contributed by atoms with Crippen LogP contribution >= 0.6 is 0 Å². The first-order valence-electron chi connectivity index (χ1n) is 14.3. The summed E-state index contributed by atoms with van der Waals surface area (Å²) in [7, 11) is 0. The highest BCUT2D eigenvalue weighted by Crippen LogP contribution is 2.42. The van der Waals surface area contributed by atoms with E-state index in [1.165, 1.54) is 34.4 Å². The molecule has 2 aliphatic rings. The van der Waals surface area contributed by atoms with Gasteiger partial charge in [0.1, 0.15) is 0 Å². The topological polar surface area (TPSA) is 38.7 Å². The summed E-state index contributed by atoms with van der Waals surface area (Å²) in [5, 5.41) is 0. The van der Waals surface area contributed by atoms with Crippen LogP contribution in [-0.2, 0) is 12.6 Å². The number of benzene rings is 3. The summed E-state index contributed by atoms with van der Waals surface area (Å²) in [6.07, 6.45) is 12.0. The van der Waals surface area contributed by atoms with Crippen LogP contribution in [0.15, 0.2) is 115 Å². The molecule has 43 heavy (non-hydrogen) atoms. The second-order valence-corrected chi connectivity index (χ2v) is 10.8. The quantitative estimate of drug-likeness (QED) is 0.216. The largest absolute Gasteiger partial charge is 0.416 e. The van der Waals surface area contributed by atoms with Crippen LogP contribution in [-0.4, -0.2) is 15.0 Å². The summed E-state index contributed by atoms with van der Waals surface area (Å²) < 4.78 is 39.6. The van der Waals surface area contributed by atoms with E-state index < -0.39 is 11.7 Å². The van der Waals surface area contributed by atoms with E-state index in [4.69, 9.17) is 9.97 Å². The Balaban J connectivity index is 1.37. The first kappa shape index (κ1) is 28.3. The lowest BCUT2D eigenvalue weighted by Gasteiger charge is -2.18. The van der Waals surface area contributed by atoms with E-state index in [2.05, 4.69) is 48.3 Å². The summed E-state index contributed by atoms with van der Waals surface area (Å²) >= 11 is 0. The zero-order valence-corrected chi connectivity index (χ0v) is 23.9. The highest BCUT2D eigenvalue weighted by atomic mass is 19.4. The minimum atomic E-state index is -4.42. The van der Waals surface area contributed by atoms with Crippen molar-refractivity contribution in [3.05, 3.63) is 143 Å². The molecule has 1 heterocycles. The van der Waals surface area contributed by atoms with Gasteiger partial charge >= 0.3 is 6.18 Å².